The van der Waals surface area contributed by atoms with E-state index in [4.69, 9.17) is 5.11 Å². The van der Waals surface area contributed by atoms with E-state index in [0.29, 0.717) is 13.0 Å². The average molecular weight is 329 g/mol. The van der Waals surface area contributed by atoms with Gasteiger partial charge in [-0.15, -0.1) is 11.3 Å². The van der Waals surface area contributed by atoms with Crippen molar-refractivity contribution in [1.29, 1.82) is 0 Å². The predicted octanol–water partition coefficient (Wildman–Crippen LogP) is 1.40. The highest BCUT2D eigenvalue weighted by Gasteiger charge is 2.26. The Labute approximate surface area is 126 Å². The Morgan fingerprint density at radius 1 is 1.57 bits per heavy atom. The van der Waals surface area contributed by atoms with Crippen LogP contribution in [0, 0.1) is 0 Å². The van der Waals surface area contributed by atoms with E-state index in [-0.39, 0.29) is 15.8 Å². The SMILES string of the molecule is CCC(Cn1ccnc1)NS(=O)(=O)c1ccsc1C(=O)O. The van der Waals surface area contributed by atoms with Crippen molar-refractivity contribution in [1.82, 2.24) is 14.3 Å². The van der Waals surface area contributed by atoms with Crippen LogP contribution in [0.25, 0.3) is 0 Å². The molecule has 114 valence electrons. The summed E-state index contributed by atoms with van der Waals surface area (Å²) in [5.41, 5.74) is 0. The van der Waals surface area contributed by atoms with E-state index in [1.807, 2.05) is 6.92 Å². The maximum absolute atomic E-state index is 12.3. The number of thiophene rings is 1. The Morgan fingerprint density at radius 3 is 2.90 bits per heavy atom. The zero-order valence-electron chi connectivity index (χ0n) is 11.3. The van der Waals surface area contributed by atoms with E-state index < -0.39 is 16.0 Å². The van der Waals surface area contributed by atoms with Crippen LogP contribution in [0.1, 0.15) is 23.0 Å². The fraction of sp³-hybridized carbons (Fsp3) is 0.333. The molecule has 2 heterocycles. The first-order chi connectivity index (χ1) is 9.94. The Morgan fingerprint density at radius 2 is 2.33 bits per heavy atom. The molecule has 0 bridgehead atoms. The van der Waals surface area contributed by atoms with Crippen LogP contribution < -0.4 is 4.72 Å². The van der Waals surface area contributed by atoms with E-state index in [9.17, 15) is 13.2 Å². The van der Waals surface area contributed by atoms with Crippen LogP contribution in [-0.2, 0) is 16.6 Å². The van der Waals surface area contributed by atoms with Crippen molar-refractivity contribution in [2.45, 2.75) is 30.8 Å². The van der Waals surface area contributed by atoms with Crippen LogP contribution in [0.2, 0.25) is 0 Å². The molecule has 0 saturated carbocycles. The Hall–Kier alpha value is -1.71. The third kappa shape index (κ3) is 3.69. The van der Waals surface area contributed by atoms with Crippen LogP contribution >= 0.6 is 11.3 Å². The molecule has 2 N–H and O–H groups in total. The van der Waals surface area contributed by atoms with E-state index >= 15 is 0 Å². The molecule has 0 fully saturated rings. The van der Waals surface area contributed by atoms with Gasteiger partial charge in [-0.25, -0.2) is 22.9 Å². The van der Waals surface area contributed by atoms with Crippen molar-refractivity contribution in [3.05, 3.63) is 35.0 Å². The smallest absolute Gasteiger partial charge is 0.347 e. The Balaban J connectivity index is 2.19. The number of aromatic nitrogens is 2. The van der Waals surface area contributed by atoms with Crippen LogP contribution in [0.5, 0.6) is 0 Å². The number of nitrogens with one attached hydrogen (secondary N) is 1. The summed E-state index contributed by atoms with van der Waals surface area (Å²) in [7, 11) is -3.86. The lowest BCUT2D eigenvalue weighted by Gasteiger charge is -2.17. The highest BCUT2D eigenvalue weighted by molar-refractivity contribution is 7.89. The van der Waals surface area contributed by atoms with Crippen molar-refractivity contribution < 1.29 is 18.3 Å². The summed E-state index contributed by atoms with van der Waals surface area (Å²) in [5, 5.41) is 10.5. The third-order valence-corrected chi connectivity index (χ3v) is 5.51. The number of sulfonamides is 1. The number of imidazole rings is 1. The molecule has 1 unspecified atom stereocenters. The summed E-state index contributed by atoms with van der Waals surface area (Å²) in [6.45, 7) is 2.29. The fourth-order valence-corrected chi connectivity index (χ4v) is 4.42. The number of nitrogens with zero attached hydrogens (tertiary/aromatic N) is 2. The van der Waals surface area contributed by atoms with E-state index in [2.05, 4.69) is 9.71 Å². The van der Waals surface area contributed by atoms with Crippen molar-refractivity contribution in [3.8, 4) is 0 Å². The molecule has 2 rings (SSSR count). The van der Waals surface area contributed by atoms with Gasteiger partial charge in [0.2, 0.25) is 10.0 Å². The van der Waals surface area contributed by atoms with E-state index in [0.717, 1.165) is 11.3 Å². The highest BCUT2D eigenvalue weighted by Crippen LogP contribution is 2.22. The van der Waals surface area contributed by atoms with Crippen molar-refractivity contribution in [3.63, 3.8) is 0 Å². The number of hydrogen-bond donors (Lipinski definition) is 2. The second-order valence-electron chi connectivity index (χ2n) is 4.41. The van der Waals surface area contributed by atoms with E-state index in [1.165, 1.54) is 11.4 Å². The summed E-state index contributed by atoms with van der Waals surface area (Å²) in [4.78, 5) is 14.6. The number of hydrogen-bond acceptors (Lipinski definition) is 5. The minimum Gasteiger partial charge on any atom is -0.477 e. The molecule has 0 aliphatic heterocycles. The number of aromatic carboxylic acids is 1. The van der Waals surface area contributed by atoms with Gasteiger partial charge in [-0.2, -0.15) is 0 Å². The van der Waals surface area contributed by atoms with Gasteiger partial charge in [0.1, 0.15) is 9.77 Å². The second kappa shape index (κ2) is 6.37. The monoisotopic (exact) mass is 329 g/mol. The largest absolute Gasteiger partial charge is 0.477 e. The topological polar surface area (TPSA) is 101 Å². The molecule has 0 saturated heterocycles. The average Bonchev–Trinajstić information content (AvgIpc) is 3.08. The maximum atomic E-state index is 12.3. The van der Waals surface area contributed by atoms with E-state index in [1.54, 1.807) is 23.3 Å². The van der Waals surface area contributed by atoms with Crippen LogP contribution in [0.4, 0.5) is 0 Å². The number of carboxylic acids is 1. The normalized spacial score (nSPS) is 13.2. The number of carboxylic acid groups (broad SMARTS) is 1. The molecule has 9 heteroatoms. The van der Waals surface area contributed by atoms with Crippen LogP contribution in [0.3, 0.4) is 0 Å². The summed E-state index contributed by atoms with van der Waals surface area (Å²) in [6, 6.07) is 0.964. The predicted molar refractivity (Wildman–Crippen MR) is 77.9 cm³/mol. The van der Waals surface area contributed by atoms with Gasteiger partial charge >= 0.3 is 5.97 Å². The molecule has 2 aromatic heterocycles. The molecule has 0 radical (unpaired) electrons. The first kappa shape index (κ1) is 15.7. The van der Waals surface area contributed by atoms with Crippen LogP contribution in [-0.4, -0.2) is 35.1 Å². The molecule has 0 amide bonds. The van der Waals surface area contributed by atoms with Gasteiger partial charge in [0.15, 0.2) is 0 Å². The molecule has 21 heavy (non-hydrogen) atoms. The number of carbonyl (C=O) groups is 1. The van der Waals surface area contributed by atoms with Gasteiger partial charge in [-0.05, 0) is 17.9 Å². The lowest BCUT2D eigenvalue weighted by molar-refractivity contribution is 0.0698. The molecule has 1 atom stereocenters. The van der Waals surface area contributed by atoms with Crippen molar-refractivity contribution >= 4 is 27.3 Å². The highest BCUT2D eigenvalue weighted by atomic mass is 32.2. The molecular formula is C12H15N3O4S2. The van der Waals surface area contributed by atoms with Gasteiger partial charge in [-0.1, -0.05) is 6.92 Å². The summed E-state index contributed by atoms with van der Waals surface area (Å²) < 4.78 is 29.0. The van der Waals surface area contributed by atoms with Crippen molar-refractivity contribution in [2.75, 3.05) is 0 Å². The molecule has 0 aromatic carbocycles. The van der Waals surface area contributed by atoms with Gasteiger partial charge in [0, 0.05) is 25.0 Å². The molecule has 0 spiro atoms. The summed E-state index contributed by atoms with van der Waals surface area (Å²) in [6.07, 6.45) is 5.53. The molecular weight excluding hydrogens is 314 g/mol. The van der Waals surface area contributed by atoms with Gasteiger partial charge in [0.05, 0.1) is 6.33 Å². The maximum Gasteiger partial charge on any atom is 0.347 e. The summed E-state index contributed by atoms with van der Waals surface area (Å²) >= 11 is 0.891. The van der Waals surface area contributed by atoms with Gasteiger partial charge in [0.25, 0.3) is 0 Å². The molecule has 2 aromatic rings. The lowest BCUT2D eigenvalue weighted by Crippen LogP contribution is -2.37. The minimum absolute atomic E-state index is 0.181. The first-order valence-corrected chi connectivity index (χ1v) is 8.59. The lowest BCUT2D eigenvalue weighted by atomic mass is 10.2. The van der Waals surface area contributed by atoms with Crippen molar-refractivity contribution in [2.24, 2.45) is 0 Å². The molecule has 0 aliphatic rings. The summed E-state index contributed by atoms with van der Waals surface area (Å²) in [5.74, 6) is -1.24. The second-order valence-corrected chi connectivity index (χ2v) is 7.00. The quantitative estimate of drug-likeness (QED) is 0.799. The minimum atomic E-state index is -3.86. The first-order valence-electron chi connectivity index (χ1n) is 6.23. The fourth-order valence-electron chi connectivity index (χ4n) is 1.85. The molecule has 0 aliphatic carbocycles. The zero-order valence-corrected chi connectivity index (χ0v) is 12.9. The zero-order chi connectivity index (χ0) is 15.5. The number of rotatable bonds is 7. The van der Waals surface area contributed by atoms with Crippen LogP contribution in [0.15, 0.2) is 35.1 Å². The third-order valence-electron chi connectivity index (χ3n) is 2.92. The molecule has 7 nitrogen and oxygen atoms in total. The Kier molecular flexibility index (Phi) is 4.76. The van der Waals surface area contributed by atoms with Gasteiger partial charge < -0.3 is 9.67 Å². The Bertz CT molecular complexity index is 707. The van der Waals surface area contributed by atoms with Gasteiger partial charge in [-0.3, -0.25) is 0 Å². The standard InChI is InChI=1S/C12H15N3O4S2/c1-2-9(7-15-5-4-13-8-15)14-21(18,19)10-3-6-20-11(10)12(16)17/h3-6,8-9,14H,2,7H2,1H3,(H,16,17).